The molecule has 0 atom stereocenters. The molecule has 4 aromatic rings. The third kappa shape index (κ3) is 5.84. The highest BCUT2D eigenvalue weighted by molar-refractivity contribution is 6.02. The number of nitrogens with zero attached hydrogens (tertiary/aromatic N) is 6. The molecule has 1 fully saturated rings. The van der Waals surface area contributed by atoms with Crippen molar-refractivity contribution in [3.63, 3.8) is 0 Å². The Labute approximate surface area is 233 Å². The van der Waals surface area contributed by atoms with E-state index in [1.54, 1.807) is 26.7 Å². The number of methoxy groups -OCH3 is 2. The van der Waals surface area contributed by atoms with E-state index in [9.17, 15) is 4.79 Å². The molecule has 0 unspecified atom stereocenters. The van der Waals surface area contributed by atoms with Crippen LogP contribution in [0.3, 0.4) is 0 Å². The van der Waals surface area contributed by atoms with Gasteiger partial charge in [0.05, 0.1) is 42.3 Å². The number of anilines is 4. The van der Waals surface area contributed by atoms with Crippen molar-refractivity contribution >= 4 is 40.0 Å². The second-order valence-electron chi connectivity index (χ2n) is 9.57. The van der Waals surface area contributed by atoms with Gasteiger partial charge in [0, 0.05) is 38.5 Å². The van der Waals surface area contributed by atoms with Gasteiger partial charge in [0.1, 0.15) is 23.6 Å². The van der Waals surface area contributed by atoms with Crippen LogP contribution in [0.25, 0.3) is 16.9 Å². The van der Waals surface area contributed by atoms with E-state index in [-0.39, 0.29) is 5.91 Å². The molecule has 2 aromatic heterocycles. The number of ether oxygens (including phenoxy) is 2. The Balaban J connectivity index is 1.44. The van der Waals surface area contributed by atoms with Crippen LogP contribution < -0.4 is 25.0 Å². The molecule has 5 rings (SSSR count). The second-order valence-corrected chi connectivity index (χ2v) is 9.57. The lowest BCUT2D eigenvalue weighted by atomic mass is 10.2. The molecule has 11 nitrogen and oxygen atoms in total. The van der Waals surface area contributed by atoms with E-state index in [2.05, 4.69) is 37.0 Å². The molecule has 208 valence electrons. The number of fused-ring (bicyclic) bond motifs is 1. The van der Waals surface area contributed by atoms with Gasteiger partial charge in [0.2, 0.25) is 11.9 Å². The van der Waals surface area contributed by atoms with Gasteiger partial charge in [-0.2, -0.15) is 4.98 Å². The molecule has 3 heterocycles. The van der Waals surface area contributed by atoms with Crippen LogP contribution >= 0.6 is 0 Å². The summed E-state index contributed by atoms with van der Waals surface area (Å²) in [5.74, 6) is 2.03. The van der Waals surface area contributed by atoms with Crippen molar-refractivity contribution in [1.29, 1.82) is 0 Å². The lowest BCUT2D eigenvalue weighted by Crippen LogP contribution is -2.32. The van der Waals surface area contributed by atoms with Gasteiger partial charge in [0.25, 0.3) is 0 Å². The van der Waals surface area contributed by atoms with Gasteiger partial charge in [-0.3, -0.25) is 9.36 Å². The molecule has 1 aliphatic heterocycles. The first-order valence-corrected chi connectivity index (χ1v) is 13.2. The SMILES string of the molecule is C=CC(=O)Nc1cc(Nc2nccc(-n3cnc4cc(OC)ccc43)n2)c(OC)cc1N(C)CCN1CCCC1. The predicted octanol–water partition coefficient (Wildman–Crippen LogP) is 4.23. The van der Waals surface area contributed by atoms with Gasteiger partial charge in [0.15, 0.2) is 0 Å². The van der Waals surface area contributed by atoms with Crippen LogP contribution in [0.15, 0.2) is 61.6 Å². The van der Waals surface area contributed by atoms with Crippen LogP contribution in [-0.2, 0) is 4.79 Å². The van der Waals surface area contributed by atoms with Crippen LogP contribution in [0.2, 0.25) is 0 Å². The number of rotatable bonds is 11. The number of carbonyl (C=O) groups excluding carboxylic acids is 1. The zero-order chi connectivity index (χ0) is 28.1. The van der Waals surface area contributed by atoms with Crippen molar-refractivity contribution in [3.05, 3.63) is 61.6 Å². The molecule has 0 radical (unpaired) electrons. The topological polar surface area (TPSA) is 110 Å². The van der Waals surface area contributed by atoms with E-state index in [1.165, 1.54) is 18.9 Å². The smallest absolute Gasteiger partial charge is 0.247 e. The maximum atomic E-state index is 12.3. The molecule has 0 aliphatic carbocycles. The molecule has 11 heteroatoms. The van der Waals surface area contributed by atoms with E-state index >= 15 is 0 Å². The quantitative estimate of drug-likeness (QED) is 0.269. The fourth-order valence-corrected chi connectivity index (χ4v) is 4.82. The highest BCUT2D eigenvalue weighted by atomic mass is 16.5. The first kappa shape index (κ1) is 26.9. The summed E-state index contributed by atoms with van der Waals surface area (Å²) in [6, 6.07) is 11.2. The average molecular weight is 543 g/mol. The van der Waals surface area contributed by atoms with E-state index in [4.69, 9.17) is 14.5 Å². The van der Waals surface area contributed by atoms with Crippen LogP contribution in [0.1, 0.15) is 12.8 Å². The minimum atomic E-state index is -0.299. The van der Waals surface area contributed by atoms with Crippen LogP contribution in [-0.4, -0.2) is 77.8 Å². The number of amides is 1. The standard InChI is InChI=1S/C29H34N8O3/c1-5-28(38)32-22-17-23(26(40-4)18-25(22)35(2)14-15-36-12-6-7-13-36)33-29-30-11-10-27(34-29)37-19-31-21-16-20(39-3)8-9-24(21)37/h5,8-11,16-19H,1,6-7,12-15H2,2-4H3,(H,32,38)(H,30,33,34). The fourth-order valence-electron chi connectivity index (χ4n) is 4.82. The molecule has 1 aliphatic rings. The average Bonchev–Trinajstić information content (AvgIpc) is 3.66. The van der Waals surface area contributed by atoms with Crippen LogP contribution in [0.4, 0.5) is 23.0 Å². The molecule has 2 N–H and O–H groups in total. The Bertz CT molecular complexity index is 1510. The highest BCUT2D eigenvalue weighted by Crippen LogP contribution is 2.38. The Morgan fingerprint density at radius 2 is 1.93 bits per heavy atom. The summed E-state index contributed by atoms with van der Waals surface area (Å²) in [6.45, 7) is 7.61. The zero-order valence-corrected chi connectivity index (χ0v) is 23.1. The first-order chi connectivity index (χ1) is 19.5. The third-order valence-corrected chi connectivity index (χ3v) is 7.01. The molecule has 40 heavy (non-hydrogen) atoms. The normalized spacial score (nSPS) is 13.3. The van der Waals surface area contributed by atoms with Crippen molar-refractivity contribution in [2.75, 3.05) is 63.0 Å². The van der Waals surface area contributed by atoms with Gasteiger partial charge in [-0.15, -0.1) is 0 Å². The highest BCUT2D eigenvalue weighted by Gasteiger charge is 2.18. The lowest BCUT2D eigenvalue weighted by Gasteiger charge is -2.26. The predicted molar refractivity (Wildman–Crippen MR) is 157 cm³/mol. The molecule has 2 aromatic carbocycles. The van der Waals surface area contributed by atoms with E-state index in [0.717, 1.165) is 48.6 Å². The number of carbonyl (C=O) groups is 1. The molecule has 0 bridgehead atoms. The Kier molecular flexibility index (Phi) is 8.11. The number of likely N-dealkylation sites (tertiary alicyclic amines) is 1. The van der Waals surface area contributed by atoms with Crippen molar-refractivity contribution in [2.45, 2.75) is 12.8 Å². The van der Waals surface area contributed by atoms with Crippen LogP contribution in [0, 0.1) is 0 Å². The third-order valence-electron chi connectivity index (χ3n) is 7.01. The molecular weight excluding hydrogens is 508 g/mol. The van der Waals surface area contributed by atoms with Crippen molar-refractivity contribution < 1.29 is 14.3 Å². The Morgan fingerprint density at radius 1 is 1.10 bits per heavy atom. The summed E-state index contributed by atoms with van der Waals surface area (Å²) in [5.41, 5.74) is 3.76. The van der Waals surface area contributed by atoms with E-state index < -0.39 is 0 Å². The summed E-state index contributed by atoms with van der Waals surface area (Å²) in [6.07, 6.45) is 7.13. The Morgan fingerprint density at radius 3 is 2.67 bits per heavy atom. The number of imidazole rings is 1. The summed E-state index contributed by atoms with van der Waals surface area (Å²) in [7, 11) is 5.25. The summed E-state index contributed by atoms with van der Waals surface area (Å²) in [4.78, 5) is 30.5. The lowest BCUT2D eigenvalue weighted by molar-refractivity contribution is -0.111. The van der Waals surface area contributed by atoms with Crippen molar-refractivity contribution in [3.8, 4) is 17.3 Å². The number of hydrogen-bond acceptors (Lipinski definition) is 9. The number of hydrogen-bond donors (Lipinski definition) is 2. The van der Waals surface area contributed by atoms with Gasteiger partial charge >= 0.3 is 0 Å². The van der Waals surface area contributed by atoms with Crippen LogP contribution in [0.5, 0.6) is 11.5 Å². The van der Waals surface area contributed by atoms with E-state index in [1.807, 2.05) is 48.0 Å². The molecule has 1 saturated heterocycles. The number of benzene rings is 2. The maximum Gasteiger partial charge on any atom is 0.247 e. The van der Waals surface area contributed by atoms with Crippen molar-refractivity contribution in [2.24, 2.45) is 0 Å². The number of likely N-dealkylation sites (N-methyl/N-ethyl adjacent to an activating group) is 1. The molecule has 1 amide bonds. The van der Waals surface area contributed by atoms with Gasteiger partial charge in [-0.25, -0.2) is 9.97 Å². The summed E-state index contributed by atoms with van der Waals surface area (Å²) in [5, 5.41) is 6.20. The van der Waals surface area contributed by atoms with Gasteiger partial charge in [-0.1, -0.05) is 6.58 Å². The second kappa shape index (κ2) is 12.0. The maximum absolute atomic E-state index is 12.3. The minimum absolute atomic E-state index is 0.299. The summed E-state index contributed by atoms with van der Waals surface area (Å²) < 4.78 is 12.9. The largest absolute Gasteiger partial charge is 0.497 e. The monoisotopic (exact) mass is 542 g/mol. The molecular formula is C29H34N8O3. The number of aromatic nitrogens is 4. The summed E-state index contributed by atoms with van der Waals surface area (Å²) >= 11 is 0. The fraction of sp³-hybridized carbons (Fsp3) is 0.310. The number of nitrogens with one attached hydrogen (secondary N) is 2. The van der Waals surface area contributed by atoms with Gasteiger partial charge in [-0.05, 0) is 56.3 Å². The molecule has 0 spiro atoms. The van der Waals surface area contributed by atoms with E-state index in [0.29, 0.717) is 28.9 Å². The minimum Gasteiger partial charge on any atom is -0.497 e. The molecule has 0 saturated carbocycles. The van der Waals surface area contributed by atoms with Crippen molar-refractivity contribution in [1.82, 2.24) is 24.4 Å². The zero-order valence-electron chi connectivity index (χ0n) is 23.1. The Hall–Kier alpha value is -4.64. The first-order valence-electron chi connectivity index (χ1n) is 13.2. The van der Waals surface area contributed by atoms with Gasteiger partial charge < -0.3 is 29.9 Å².